The minimum atomic E-state index is -3.79. The summed E-state index contributed by atoms with van der Waals surface area (Å²) < 4.78 is 31.2. The third-order valence-electron chi connectivity index (χ3n) is 6.86. The van der Waals surface area contributed by atoms with Gasteiger partial charge in [0.2, 0.25) is 10.0 Å². The highest BCUT2D eigenvalue weighted by molar-refractivity contribution is 7.89. The zero-order valence-electron chi connectivity index (χ0n) is 21.3. The van der Waals surface area contributed by atoms with Crippen LogP contribution in [0.5, 0.6) is 0 Å². The normalized spacial score (nSPS) is 12.0. The molecule has 0 saturated carbocycles. The summed E-state index contributed by atoms with van der Waals surface area (Å²) in [6, 6.07) is 36.5. The lowest BCUT2D eigenvalue weighted by molar-refractivity contribution is 0.396. The number of fused-ring (bicyclic) bond motifs is 3. The molecule has 194 valence electrons. The Labute approximate surface area is 233 Å². The zero-order valence-corrected chi connectivity index (χ0v) is 22.9. The van der Waals surface area contributed by atoms with Crippen LogP contribution < -0.4 is 0 Å². The van der Waals surface area contributed by atoms with Gasteiger partial charge in [0.05, 0.1) is 28.3 Å². The van der Waals surface area contributed by atoms with Gasteiger partial charge in [0.1, 0.15) is 0 Å². The average Bonchev–Trinajstić information content (AvgIpc) is 3.38. The van der Waals surface area contributed by atoms with Crippen molar-refractivity contribution in [3.63, 3.8) is 0 Å². The second-order valence-corrected chi connectivity index (χ2v) is 12.0. The summed E-state index contributed by atoms with van der Waals surface area (Å²) in [6.07, 6.45) is 0. The summed E-state index contributed by atoms with van der Waals surface area (Å²) in [5.74, 6) is 0. The van der Waals surface area contributed by atoms with Crippen LogP contribution >= 0.6 is 11.6 Å². The molecule has 0 N–H and O–H groups in total. The molecular weight excluding hydrogens is 526 g/mol. The molecular formula is C32H26ClN3O2S. The molecule has 39 heavy (non-hydrogen) atoms. The van der Waals surface area contributed by atoms with E-state index in [4.69, 9.17) is 16.7 Å². The van der Waals surface area contributed by atoms with Gasteiger partial charge in [0, 0.05) is 22.5 Å². The number of aromatic nitrogens is 2. The minimum Gasteiger partial charge on any atom is -0.232 e. The van der Waals surface area contributed by atoms with Crippen LogP contribution in [-0.4, -0.2) is 22.3 Å². The van der Waals surface area contributed by atoms with Crippen LogP contribution in [0.3, 0.4) is 0 Å². The van der Waals surface area contributed by atoms with Crippen molar-refractivity contribution in [2.75, 3.05) is 0 Å². The molecule has 5 nitrogen and oxygen atoms in total. The quantitative estimate of drug-likeness (QED) is 0.206. The Kier molecular flexibility index (Phi) is 6.69. The van der Waals surface area contributed by atoms with Crippen molar-refractivity contribution in [1.29, 1.82) is 0 Å². The van der Waals surface area contributed by atoms with Gasteiger partial charge in [-0.05, 0) is 54.3 Å². The van der Waals surface area contributed by atoms with Crippen molar-refractivity contribution >= 4 is 37.9 Å². The maximum atomic E-state index is 13.9. The van der Waals surface area contributed by atoms with E-state index in [2.05, 4.69) is 18.2 Å². The number of pyridine rings is 1. The van der Waals surface area contributed by atoms with Crippen LogP contribution in [0.1, 0.15) is 16.8 Å². The van der Waals surface area contributed by atoms with Crippen LogP contribution in [0.4, 0.5) is 0 Å². The molecule has 0 amide bonds. The second kappa shape index (κ2) is 10.3. The number of nitrogens with zero attached hydrogens (tertiary/aromatic N) is 3. The van der Waals surface area contributed by atoms with Gasteiger partial charge in [-0.15, -0.1) is 0 Å². The maximum absolute atomic E-state index is 13.9. The number of aryl methyl sites for hydroxylation is 1. The largest absolute Gasteiger partial charge is 0.243 e. The number of hydrogen-bond acceptors (Lipinski definition) is 3. The number of sulfonamides is 1. The summed E-state index contributed by atoms with van der Waals surface area (Å²) >= 11 is 6.16. The van der Waals surface area contributed by atoms with E-state index in [1.54, 1.807) is 12.1 Å². The molecule has 7 heteroatoms. The number of benzene rings is 4. The van der Waals surface area contributed by atoms with E-state index in [0.717, 1.165) is 38.7 Å². The highest BCUT2D eigenvalue weighted by Crippen LogP contribution is 2.30. The fourth-order valence-corrected chi connectivity index (χ4v) is 6.35. The van der Waals surface area contributed by atoms with Crippen LogP contribution in [0.2, 0.25) is 5.02 Å². The van der Waals surface area contributed by atoms with E-state index < -0.39 is 10.0 Å². The second-order valence-electron chi connectivity index (χ2n) is 9.63. The van der Waals surface area contributed by atoms with Crippen LogP contribution in [0.15, 0.2) is 120 Å². The Balaban J connectivity index is 1.48. The predicted octanol–water partition coefficient (Wildman–Crippen LogP) is 7.51. The molecule has 0 atom stereocenters. The molecule has 0 aliphatic carbocycles. The predicted molar refractivity (Wildman–Crippen MR) is 157 cm³/mol. The first-order chi connectivity index (χ1) is 18.9. The molecule has 0 bridgehead atoms. The van der Waals surface area contributed by atoms with Gasteiger partial charge in [-0.2, -0.15) is 9.40 Å². The molecule has 2 heterocycles. The van der Waals surface area contributed by atoms with Gasteiger partial charge in [-0.3, -0.25) is 0 Å². The summed E-state index contributed by atoms with van der Waals surface area (Å²) in [7, 11) is -3.79. The lowest BCUT2D eigenvalue weighted by Crippen LogP contribution is -2.30. The number of halogens is 1. The number of rotatable bonds is 7. The molecule has 0 unspecified atom stereocenters. The van der Waals surface area contributed by atoms with Crippen molar-refractivity contribution in [3.05, 3.63) is 137 Å². The fourth-order valence-electron chi connectivity index (χ4n) is 4.83. The standard InChI is InChI=1S/C32H26ClN3O2S/c1-23-11-17-29(18-12-23)39(37,38)35(21-24-7-3-2-4-8-24)22-28-20-32-30-10-6-5-9-26(30)19-31(36(32)34-28)25-13-15-27(33)16-14-25/h2-20H,21-22H2,1H3. The third-order valence-corrected chi connectivity index (χ3v) is 8.91. The van der Waals surface area contributed by atoms with Gasteiger partial charge in [-0.25, -0.2) is 12.9 Å². The first kappa shape index (κ1) is 25.3. The van der Waals surface area contributed by atoms with Crippen LogP contribution in [0, 0.1) is 6.92 Å². The molecule has 6 aromatic rings. The molecule has 0 aliphatic heterocycles. The van der Waals surface area contributed by atoms with E-state index in [9.17, 15) is 8.42 Å². The molecule has 0 saturated heterocycles. The first-order valence-electron chi connectivity index (χ1n) is 12.7. The third kappa shape index (κ3) is 5.06. The summed E-state index contributed by atoms with van der Waals surface area (Å²) in [4.78, 5) is 0.264. The summed E-state index contributed by atoms with van der Waals surface area (Å²) in [5, 5.41) is 7.73. The van der Waals surface area contributed by atoms with Crippen molar-refractivity contribution in [2.24, 2.45) is 0 Å². The van der Waals surface area contributed by atoms with Crippen LogP contribution in [-0.2, 0) is 23.1 Å². The molecule has 6 rings (SSSR count). The smallest absolute Gasteiger partial charge is 0.232 e. The highest BCUT2D eigenvalue weighted by Gasteiger charge is 2.26. The monoisotopic (exact) mass is 551 g/mol. The highest BCUT2D eigenvalue weighted by atomic mass is 35.5. The number of hydrogen-bond donors (Lipinski definition) is 0. The SMILES string of the molecule is Cc1ccc(S(=O)(=O)N(Cc2ccccc2)Cc2cc3c4ccccc4cc(-c4ccc(Cl)cc4)n3n2)cc1. The Morgan fingerprint density at radius 1 is 0.795 bits per heavy atom. The Morgan fingerprint density at radius 3 is 2.23 bits per heavy atom. The molecule has 0 radical (unpaired) electrons. The topological polar surface area (TPSA) is 54.7 Å². The van der Waals surface area contributed by atoms with E-state index in [1.807, 2.05) is 96.4 Å². The van der Waals surface area contributed by atoms with Crippen molar-refractivity contribution in [3.8, 4) is 11.3 Å². The van der Waals surface area contributed by atoms with Gasteiger partial charge in [0.25, 0.3) is 0 Å². The molecule has 2 aromatic heterocycles. The van der Waals surface area contributed by atoms with Crippen LogP contribution in [0.25, 0.3) is 27.5 Å². The molecule has 0 aliphatic rings. The van der Waals surface area contributed by atoms with Gasteiger partial charge in [-0.1, -0.05) is 96.0 Å². The maximum Gasteiger partial charge on any atom is 0.243 e. The molecule has 0 fully saturated rings. The van der Waals surface area contributed by atoms with E-state index in [-0.39, 0.29) is 18.0 Å². The Morgan fingerprint density at radius 2 is 1.49 bits per heavy atom. The fraction of sp³-hybridized carbons (Fsp3) is 0.0938. The van der Waals surface area contributed by atoms with Crippen molar-refractivity contribution in [1.82, 2.24) is 13.9 Å². The Bertz CT molecular complexity index is 1880. The van der Waals surface area contributed by atoms with Crippen molar-refractivity contribution < 1.29 is 8.42 Å². The van der Waals surface area contributed by atoms with E-state index in [0.29, 0.717) is 10.7 Å². The zero-order chi connectivity index (χ0) is 27.0. The van der Waals surface area contributed by atoms with E-state index >= 15 is 0 Å². The summed E-state index contributed by atoms with van der Waals surface area (Å²) in [6.45, 7) is 2.30. The minimum absolute atomic E-state index is 0.126. The van der Waals surface area contributed by atoms with Gasteiger partial charge in [0.15, 0.2) is 0 Å². The first-order valence-corrected chi connectivity index (χ1v) is 14.5. The van der Waals surface area contributed by atoms with Gasteiger partial charge < -0.3 is 0 Å². The van der Waals surface area contributed by atoms with E-state index in [1.165, 1.54) is 4.31 Å². The van der Waals surface area contributed by atoms with Crippen molar-refractivity contribution in [2.45, 2.75) is 24.9 Å². The molecule has 0 spiro atoms. The average molecular weight is 552 g/mol. The Hall–Kier alpha value is -3.97. The summed E-state index contributed by atoms with van der Waals surface area (Å²) in [5.41, 5.74) is 5.37. The van der Waals surface area contributed by atoms with Gasteiger partial charge >= 0.3 is 0 Å². The molecule has 4 aromatic carbocycles. The lowest BCUT2D eigenvalue weighted by Gasteiger charge is -2.21. The lowest BCUT2D eigenvalue weighted by atomic mass is 10.1.